The number of hydrogen-bond donors (Lipinski definition) is 3. The summed E-state index contributed by atoms with van der Waals surface area (Å²) in [5.74, 6) is -1.75. The number of fused-ring (bicyclic) bond motifs is 1. The van der Waals surface area contributed by atoms with Gasteiger partial charge < -0.3 is 29.7 Å². The van der Waals surface area contributed by atoms with Gasteiger partial charge in [0.15, 0.2) is 0 Å². The van der Waals surface area contributed by atoms with Crippen LogP contribution in [0, 0.1) is 11.3 Å². The van der Waals surface area contributed by atoms with Crippen LogP contribution in [0.2, 0.25) is 0 Å². The lowest BCUT2D eigenvalue weighted by atomic mass is 9.85. The van der Waals surface area contributed by atoms with Crippen molar-refractivity contribution in [3.05, 3.63) is 24.4 Å². The largest absolute Gasteiger partial charge is 0.497 e. The van der Waals surface area contributed by atoms with Crippen molar-refractivity contribution in [1.29, 1.82) is 0 Å². The van der Waals surface area contributed by atoms with E-state index in [0.717, 1.165) is 0 Å². The summed E-state index contributed by atoms with van der Waals surface area (Å²) in [6.45, 7) is 13.8. The van der Waals surface area contributed by atoms with E-state index in [-0.39, 0.29) is 31.2 Å². The zero-order valence-corrected chi connectivity index (χ0v) is 32.0. The Hall–Kier alpha value is -4.25. The Balaban J connectivity index is 1.43. The van der Waals surface area contributed by atoms with E-state index in [2.05, 4.69) is 20.8 Å². The van der Waals surface area contributed by atoms with Gasteiger partial charge in [-0.05, 0) is 76.5 Å². The molecule has 0 spiro atoms. The predicted octanol–water partition coefficient (Wildman–Crippen LogP) is 3.14. The Kier molecular flexibility index (Phi) is 10.5. The molecule has 1 aromatic heterocycles. The van der Waals surface area contributed by atoms with Gasteiger partial charge in [0.05, 0.1) is 25.5 Å². The minimum absolute atomic E-state index is 0.0106. The van der Waals surface area contributed by atoms with Gasteiger partial charge in [0.25, 0.3) is 5.91 Å². The smallest absolute Gasteiger partial charge is 0.408 e. The molecule has 2 saturated carbocycles. The van der Waals surface area contributed by atoms with E-state index >= 15 is 0 Å². The third-order valence-corrected chi connectivity index (χ3v) is 10.6. The molecule has 0 radical (unpaired) electrons. The van der Waals surface area contributed by atoms with Crippen molar-refractivity contribution in [1.82, 2.24) is 30.5 Å². The Morgan fingerprint density at radius 1 is 1.10 bits per heavy atom. The Labute approximate surface area is 304 Å². The van der Waals surface area contributed by atoms with E-state index in [1.54, 1.807) is 80.0 Å². The minimum atomic E-state index is -4.46. The molecule has 1 saturated heterocycles. The number of alkyl carbamates (subject to hydrolysis) is 1. The molecule has 2 aromatic rings. The summed E-state index contributed by atoms with van der Waals surface area (Å²) in [6.07, 6.45) is 1.71. The van der Waals surface area contributed by atoms with Gasteiger partial charge in [-0.25, -0.2) is 13.7 Å². The number of likely N-dealkylation sites (tertiary alicyclic amines) is 1. The van der Waals surface area contributed by atoms with Gasteiger partial charge in [-0.1, -0.05) is 34.1 Å². The van der Waals surface area contributed by atoms with Crippen LogP contribution in [-0.2, 0) is 33.6 Å². The van der Waals surface area contributed by atoms with Crippen LogP contribution in [0.3, 0.4) is 0 Å². The maximum atomic E-state index is 14.5. The van der Waals surface area contributed by atoms with Gasteiger partial charge in [0, 0.05) is 17.2 Å². The molecule has 3 aliphatic rings. The van der Waals surface area contributed by atoms with Crippen LogP contribution < -0.4 is 24.8 Å². The number of rotatable bonds is 12. The van der Waals surface area contributed by atoms with Gasteiger partial charge in [0.1, 0.15) is 35.1 Å². The van der Waals surface area contributed by atoms with Crippen LogP contribution in [0.25, 0.3) is 10.8 Å². The monoisotopic (exact) mass is 746 g/mol. The molecule has 2 aliphatic carbocycles. The van der Waals surface area contributed by atoms with Crippen molar-refractivity contribution in [2.24, 2.45) is 11.3 Å². The third kappa shape index (κ3) is 8.85. The van der Waals surface area contributed by atoms with Crippen molar-refractivity contribution in [2.45, 2.75) is 122 Å². The number of benzene rings is 1. The van der Waals surface area contributed by atoms with Crippen LogP contribution in [0.1, 0.15) is 87.5 Å². The second-order valence-electron chi connectivity index (χ2n) is 16.2. The standard InChI is InChI=1S/C35H50N6O10S/c1-10-21-17-35(21,30(44)40-52(46,47)51-34(8)13-14-34)38-27(42)25-16-23(49-28-24-12-11-22(48-9)15-20(24)18-36-39-28)19-41(25)29(43)26(32(2,3)4)37-31(45)50-33(5,6)7/h11-12,15,18,21,23,25-26H,10,13-14,16-17,19H2,1-9H3,(H,37,45)(H,38,42)(H,40,44)/t21?,23-,25?,26-,35-/m1/s1. The molecule has 3 fully saturated rings. The molecule has 2 unspecified atom stereocenters. The van der Waals surface area contributed by atoms with Gasteiger partial charge >= 0.3 is 16.4 Å². The number of amides is 4. The first-order valence-corrected chi connectivity index (χ1v) is 18.9. The summed E-state index contributed by atoms with van der Waals surface area (Å²) >= 11 is 0. The zero-order chi connectivity index (χ0) is 38.4. The van der Waals surface area contributed by atoms with Crippen LogP contribution in [0.5, 0.6) is 11.6 Å². The average molecular weight is 747 g/mol. The molecule has 16 nitrogen and oxygen atoms in total. The van der Waals surface area contributed by atoms with Crippen molar-refractivity contribution < 1.29 is 46.0 Å². The predicted molar refractivity (Wildman–Crippen MR) is 188 cm³/mol. The highest BCUT2D eigenvalue weighted by Crippen LogP contribution is 2.47. The fourth-order valence-corrected chi connectivity index (χ4v) is 7.54. The van der Waals surface area contributed by atoms with E-state index in [9.17, 15) is 27.6 Å². The van der Waals surface area contributed by atoms with Crippen LogP contribution in [-0.4, -0.2) is 95.9 Å². The van der Waals surface area contributed by atoms with Crippen molar-refractivity contribution in [2.75, 3.05) is 13.7 Å². The molecule has 1 aliphatic heterocycles. The second kappa shape index (κ2) is 14.0. The summed E-state index contributed by atoms with van der Waals surface area (Å²) in [5, 5.41) is 15.0. The molecule has 1 aromatic carbocycles. The van der Waals surface area contributed by atoms with Gasteiger partial charge in [0.2, 0.25) is 17.7 Å². The molecule has 4 amide bonds. The maximum Gasteiger partial charge on any atom is 0.408 e. The average Bonchev–Trinajstić information content (AvgIpc) is 3.90. The van der Waals surface area contributed by atoms with Crippen molar-refractivity contribution in [3.63, 3.8) is 0 Å². The Bertz CT molecular complexity index is 1840. The SMILES string of the molecule is CCC1C[C@]1(NC(=O)C1C[C@@H](Oc2nncc3cc(OC)ccc23)CN1C(=O)[C@@H](NC(=O)OC(C)(C)C)C(C)(C)C)C(=O)NS(=O)(=O)OC1(C)CC1. The fourth-order valence-electron chi connectivity index (χ4n) is 6.39. The molecule has 52 heavy (non-hydrogen) atoms. The summed E-state index contributed by atoms with van der Waals surface area (Å²) in [5.41, 5.74) is -4.07. The van der Waals surface area contributed by atoms with E-state index < -0.39 is 74.5 Å². The van der Waals surface area contributed by atoms with Crippen LogP contribution in [0.4, 0.5) is 4.79 Å². The molecule has 3 N–H and O–H groups in total. The van der Waals surface area contributed by atoms with Crippen molar-refractivity contribution >= 4 is 44.9 Å². The van der Waals surface area contributed by atoms with Gasteiger partial charge in [-0.15, -0.1) is 5.10 Å². The molecule has 17 heteroatoms. The van der Waals surface area contributed by atoms with E-state index in [0.29, 0.717) is 35.8 Å². The minimum Gasteiger partial charge on any atom is -0.497 e. The summed E-state index contributed by atoms with van der Waals surface area (Å²) in [7, 11) is -2.91. The summed E-state index contributed by atoms with van der Waals surface area (Å²) in [6, 6.07) is 2.98. The topological polar surface area (TPSA) is 204 Å². The Morgan fingerprint density at radius 2 is 1.79 bits per heavy atom. The normalized spacial score (nSPS) is 24.4. The molecule has 5 rings (SSSR count). The summed E-state index contributed by atoms with van der Waals surface area (Å²) < 4.78 is 49.8. The number of nitrogens with one attached hydrogen (secondary N) is 3. The fraction of sp³-hybridized carbons (Fsp3) is 0.657. The van der Waals surface area contributed by atoms with Crippen LogP contribution >= 0.6 is 0 Å². The number of nitrogens with zero attached hydrogens (tertiary/aromatic N) is 3. The molecular formula is C35H50N6O10S. The zero-order valence-electron chi connectivity index (χ0n) is 31.2. The van der Waals surface area contributed by atoms with E-state index in [4.69, 9.17) is 18.4 Å². The number of methoxy groups -OCH3 is 1. The molecule has 286 valence electrons. The second-order valence-corrected chi connectivity index (χ2v) is 17.5. The number of ether oxygens (including phenoxy) is 3. The van der Waals surface area contributed by atoms with Crippen LogP contribution in [0.15, 0.2) is 24.4 Å². The highest BCUT2D eigenvalue weighted by atomic mass is 32.2. The quantitative estimate of drug-likeness (QED) is 0.287. The lowest BCUT2D eigenvalue weighted by molar-refractivity contribution is -0.143. The lowest BCUT2D eigenvalue weighted by Gasteiger charge is -2.36. The molecular weight excluding hydrogens is 696 g/mol. The van der Waals surface area contributed by atoms with Gasteiger partial charge in [-0.2, -0.15) is 13.5 Å². The first-order valence-electron chi connectivity index (χ1n) is 17.4. The maximum absolute atomic E-state index is 14.5. The van der Waals surface area contributed by atoms with E-state index in [1.807, 2.05) is 11.6 Å². The molecule has 2 heterocycles. The number of aromatic nitrogens is 2. The Morgan fingerprint density at radius 3 is 2.37 bits per heavy atom. The summed E-state index contributed by atoms with van der Waals surface area (Å²) in [4.78, 5) is 56.5. The first-order chi connectivity index (χ1) is 24.1. The highest BCUT2D eigenvalue weighted by molar-refractivity contribution is 7.85. The first kappa shape index (κ1) is 39.0. The lowest BCUT2D eigenvalue weighted by Crippen LogP contribution is -2.60. The number of hydrogen-bond acceptors (Lipinski definition) is 12. The third-order valence-electron chi connectivity index (χ3n) is 9.57. The van der Waals surface area contributed by atoms with E-state index in [1.165, 1.54) is 4.90 Å². The number of carbonyl (C=O) groups is 4. The molecule has 0 bridgehead atoms. The highest BCUT2D eigenvalue weighted by Gasteiger charge is 2.62. The van der Waals surface area contributed by atoms with Crippen molar-refractivity contribution in [3.8, 4) is 11.6 Å². The van der Waals surface area contributed by atoms with Gasteiger partial charge in [-0.3, -0.25) is 14.4 Å². The molecule has 5 atom stereocenters. The number of carbonyl (C=O) groups excluding carboxylic acids is 4.